The number of hydrogen-bond donors (Lipinski definition) is 1. The number of nitrogens with zero attached hydrogens (tertiary/aromatic N) is 2. The summed E-state index contributed by atoms with van der Waals surface area (Å²) in [6.07, 6.45) is 1.75. The smallest absolute Gasteiger partial charge is 0.264 e. The number of amidine groups is 1. The van der Waals surface area contributed by atoms with Crippen LogP contribution in [-0.4, -0.2) is 61.4 Å². The minimum atomic E-state index is -0.245. The highest BCUT2D eigenvalue weighted by Crippen LogP contribution is 2.33. The van der Waals surface area contributed by atoms with Crippen LogP contribution >= 0.6 is 23.4 Å². The Morgan fingerprint density at radius 1 is 1.21 bits per heavy atom. The molecule has 0 atom stereocenters. The average Bonchev–Trinajstić information content (AvgIpc) is 3.19. The van der Waals surface area contributed by atoms with Gasteiger partial charge in [-0.05, 0) is 54.6 Å². The zero-order valence-electron chi connectivity index (χ0n) is 18.6. The van der Waals surface area contributed by atoms with Gasteiger partial charge in [0.15, 0.2) is 23.3 Å². The van der Waals surface area contributed by atoms with E-state index in [0.717, 1.165) is 5.56 Å². The summed E-state index contributed by atoms with van der Waals surface area (Å²) in [5.41, 5.74) is 1.34. The molecule has 2 saturated heterocycles. The molecule has 2 aromatic rings. The number of thioether (sulfide) groups is 1. The summed E-state index contributed by atoms with van der Waals surface area (Å²) < 4.78 is 16.7. The van der Waals surface area contributed by atoms with Gasteiger partial charge in [0, 0.05) is 13.1 Å². The highest BCUT2D eigenvalue weighted by atomic mass is 35.5. The van der Waals surface area contributed by atoms with E-state index < -0.39 is 0 Å². The number of rotatable bonds is 7. The number of nitrogens with one attached hydrogen (secondary N) is 1. The molecule has 2 aromatic carbocycles. The van der Waals surface area contributed by atoms with Gasteiger partial charge in [0.25, 0.3) is 11.8 Å². The maximum absolute atomic E-state index is 12.4. The molecule has 0 aliphatic carbocycles. The molecule has 2 fully saturated rings. The average molecular weight is 502 g/mol. The fraction of sp³-hybridized carbons (Fsp3) is 0.292. The van der Waals surface area contributed by atoms with E-state index in [4.69, 9.17) is 25.8 Å². The van der Waals surface area contributed by atoms with Gasteiger partial charge in [-0.15, -0.1) is 0 Å². The Labute approximate surface area is 206 Å². The number of para-hydroxylation sites is 1. The molecule has 34 heavy (non-hydrogen) atoms. The van der Waals surface area contributed by atoms with Gasteiger partial charge in [-0.25, -0.2) is 4.99 Å². The molecule has 8 nitrogen and oxygen atoms in total. The molecule has 10 heteroatoms. The number of carbonyl (C=O) groups is 2. The second-order valence-electron chi connectivity index (χ2n) is 7.35. The Morgan fingerprint density at radius 3 is 2.76 bits per heavy atom. The number of morpholine rings is 1. The molecule has 2 heterocycles. The first-order chi connectivity index (χ1) is 16.5. The summed E-state index contributed by atoms with van der Waals surface area (Å²) in [5.74, 6) is 0.626. The maximum Gasteiger partial charge on any atom is 0.264 e. The zero-order chi connectivity index (χ0) is 23.9. The van der Waals surface area contributed by atoms with Gasteiger partial charge in [0.2, 0.25) is 0 Å². The fourth-order valence-electron chi connectivity index (χ4n) is 3.33. The Bertz CT molecular complexity index is 1130. The summed E-state index contributed by atoms with van der Waals surface area (Å²) in [4.78, 5) is 31.5. The number of halogens is 1. The van der Waals surface area contributed by atoms with E-state index in [1.54, 1.807) is 41.3 Å². The number of aliphatic imine (C=N–C) groups is 1. The Kier molecular flexibility index (Phi) is 8.10. The van der Waals surface area contributed by atoms with Crippen molar-refractivity contribution in [2.45, 2.75) is 6.92 Å². The van der Waals surface area contributed by atoms with Crippen LogP contribution in [0.2, 0.25) is 5.02 Å². The van der Waals surface area contributed by atoms with E-state index in [1.165, 1.54) is 11.8 Å². The second kappa shape index (κ2) is 11.4. The van der Waals surface area contributed by atoms with Gasteiger partial charge in [0.05, 0.1) is 35.4 Å². The van der Waals surface area contributed by atoms with Crippen LogP contribution in [0.1, 0.15) is 12.5 Å². The molecule has 0 saturated carbocycles. The van der Waals surface area contributed by atoms with Crippen LogP contribution in [0, 0.1) is 0 Å². The number of hydrogen-bond acceptors (Lipinski definition) is 7. The first-order valence-corrected chi connectivity index (χ1v) is 12.0. The highest BCUT2D eigenvalue weighted by molar-refractivity contribution is 8.18. The monoisotopic (exact) mass is 501 g/mol. The van der Waals surface area contributed by atoms with E-state index in [0.29, 0.717) is 65.2 Å². The Balaban J connectivity index is 1.46. The van der Waals surface area contributed by atoms with E-state index in [-0.39, 0.29) is 18.4 Å². The minimum absolute atomic E-state index is 0.0827. The third-order valence-electron chi connectivity index (χ3n) is 5.01. The second-order valence-corrected chi connectivity index (χ2v) is 8.79. The zero-order valence-corrected chi connectivity index (χ0v) is 20.2. The van der Waals surface area contributed by atoms with Gasteiger partial charge in [-0.2, -0.15) is 0 Å². The van der Waals surface area contributed by atoms with Gasteiger partial charge in [0.1, 0.15) is 0 Å². The fourth-order valence-corrected chi connectivity index (χ4v) is 4.34. The summed E-state index contributed by atoms with van der Waals surface area (Å²) in [6, 6.07) is 12.5. The summed E-state index contributed by atoms with van der Waals surface area (Å²) in [7, 11) is 0. The van der Waals surface area contributed by atoms with E-state index in [1.807, 2.05) is 19.1 Å². The molecule has 0 unspecified atom stereocenters. The van der Waals surface area contributed by atoms with Crippen LogP contribution in [0.5, 0.6) is 11.5 Å². The lowest BCUT2D eigenvalue weighted by Gasteiger charge is -2.26. The minimum Gasteiger partial charge on any atom is -0.490 e. The van der Waals surface area contributed by atoms with E-state index in [2.05, 4.69) is 10.3 Å². The molecular weight excluding hydrogens is 478 g/mol. The molecule has 178 valence electrons. The van der Waals surface area contributed by atoms with E-state index >= 15 is 0 Å². The lowest BCUT2D eigenvalue weighted by molar-refractivity contribution is -0.137. The van der Waals surface area contributed by atoms with Crippen molar-refractivity contribution >= 4 is 52.1 Å². The van der Waals surface area contributed by atoms with Crippen molar-refractivity contribution in [1.29, 1.82) is 0 Å². The predicted octanol–water partition coefficient (Wildman–Crippen LogP) is 3.87. The molecule has 2 amide bonds. The molecule has 4 rings (SSSR count). The third-order valence-corrected chi connectivity index (χ3v) is 6.24. The molecule has 2 aliphatic heterocycles. The van der Waals surface area contributed by atoms with Crippen LogP contribution in [-0.2, 0) is 14.3 Å². The number of carbonyl (C=O) groups excluding carboxylic acids is 2. The predicted molar refractivity (Wildman–Crippen MR) is 133 cm³/mol. The van der Waals surface area contributed by atoms with Crippen molar-refractivity contribution in [3.8, 4) is 11.5 Å². The van der Waals surface area contributed by atoms with Gasteiger partial charge >= 0.3 is 0 Å². The van der Waals surface area contributed by atoms with Crippen molar-refractivity contribution in [3.05, 3.63) is 58.0 Å². The quantitative estimate of drug-likeness (QED) is 0.579. The van der Waals surface area contributed by atoms with Gasteiger partial charge < -0.3 is 24.4 Å². The normalized spacial score (nSPS) is 18.3. The number of benzene rings is 2. The largest absolute Gasteiger partial charge is 0.490 e. The first kappa shape index (κ1) is 24.1. The topological polar surface area (TPSA) is 89.5 Å². The number of ether oxygens (including phenoxy) is 3. The third kappa shape index (κ3) is 6.11. The van der Waals surface area contributed by atoms with Gasteiger partial charge in [-0.1, -0.05) is 29.8 Å². The van der Waals surface area contributed by atoms with Crippen molar-refractivity contribution in [1.82, 2.24) is 10.2 Å². The highest BCUT2D eigenvalue weighted by Gasteiger charge is 2.24. The maximum atomic E-state index is 12.4. The lowest BCUT2D eigenvalue weighted by Crippen LogP contribution is -2.43. The van der Waals surface area contributed by atoms with Crippen molar-refractivity contribution in [3.63, 3.8) is 0 Å². The van der Waals surface area contributed by atoms with Crippen LogP contribution in [0.3, 0.4) is 0 Å². The van der Waals surface area contributed by atoms with Crippen LogP contribution in [0.25, 0.3) is 6.08 Å². The molecule has 0 radical (unpaired) electrons. The summed E-state index contributed by atoms with van der Waals surface area (Å²) >= 11 is 7.39. The lowest BCUT2D eigenvalue weighted by atomic mass is 10.2. The molecule has 0 spiro atoms. The SMILES string of the molecule is CCOc1cc(/C=C2/SC(=Nc3ccccc3Cl)NC2=O)ccc1OCC(=O)N1CCOCC1. The molecule has 0 aromatic heterocycles. The Morgan fingerprint density at radius 2 is 2.00 bits per heavy atom. The van der Waals surface area contributed by atoms with Gasteiger partial charge in [-0.3, -0.25) is 9.59 Å². The number of amides is 2. The van der Waals surface area contributed by atoms with Crippen LogP contribution in [0.15, 0.2) is 52.4 Å². The summed E-state index contributed by atoms with van der Waals surface area (Å²) in [6.45, 7) is 4.41. The van der Waals surface area contributed by atoms with Crippen molar-refractivity contribution < 1.29 is 23.8 Å². The standard InChI is InChI=1S/C24H24ClN3O5S/c1-2-32-20-13-16(7-8-19(20)33-15-22(29)28-9-11-31-12-10-28)14-21-23(30)27-24(34-21)26-18-6-4-3-5-17(18)25/h3-8,13-14H,2,9-12,15H2,1H3,(H,26,27,30)/b21-14+. The molecule has 1 N–H and O–H groups in total. The molecule has 2 aliphatic rings. The molecular formula is C24H24ClN3O5S. The Hall–Kier alpha value is -3.01. The molecule has 0 bridgehead atoms. The van der Waals surface area contributed by atoms with E-state index in [9.17, 15) is 9.59 Å². The van der Waals surface area contributed by atoms with Crippen molar-refractivity contribution in [2.24, 2.45) is 4.99 Å². The van der Waals surface area contributed by atoms with Crippen molar-refractivity contribution in [2.75, 3.05) is 39.5 Å². The van der Waals surface area contributed by atoms with Crippen LogP contribution in [0.4, 0.5) is 5.69 Å². The summed E-state index contributed by atoms with van der Waals surface area (Å²) in [5, 5.41) is 3.72. The first-order valence-electron chi connectivity index (χ1n) is 10.8. The van der Waals surface area contributed by atoms with Crippen LogP contribution < -0.4 is 14.8 Å².